The Kier molecular flexibility index (Phi) is 5.73. The van der Waals surface area contributed by atoms with Crippen LogP contribution >= 0.6 is 46.3 Å². The molecule has 1 fully saturated rings. The van der Waals surface area contributed by atoms with E-state index in [0.29, 0.717) is 28.0 Å². The van der Waals surface area contributed by atoms with Crippen molar-refractivity contribution in [2.24, 2.45) is 0 Å². The lowest BCUT2D eigenvalue weighted by molar-refractivity contribution is -0.116. The van der Waals surface area contributed by atoms with Crippen molar-refractivity contribution in [1.29, 1.82) is 5.41 Å². The van der Waals surface area contributed by atoms with Gasteiger partial charge in [0.15, 0.2) is 10.3 Å². The average Bonchev–Trinajstić information content (AvgIpc) is 3.23. The third kappa shape index (κ3) is 4.10. The maximum atomic E-state index is 12.9. The minimum Gasteiger partial charge on any atom is -0.278 e. The summed E-state index contributed by atoms with van der Waals surface area (Å²) in [6.45, 7) is 0. The predicted molar refractivity (Wildman–Crippen MR) is 118 cm³/mol. The van der Waals surface area contributed by atoms with Crippen LogP contribution in [0.25, 0.3) is 0 Å². The van der Waals surface area contributed by atoms with Gasteiger partial charge in [-0.25, -0.2) is 9.88 Å². The molecule has 0 aliphatic carbocycles. The molecule has 1 unspecified atom stereocenters. The lowest BCUT2D eigenvalue weighted by Gasteiger charge is -2.12. The normalized spacial score (nSPS) is 16.8. The quantitative estimate of drug-likeness (QED) is 0.548. The van der Waals surface area contributed by atoms with Gasteiger partial charge in [-0.1, -0.05) is 65.3 Å². The number of anilines is 1. The fourth-order valence-corrected chi connectivity index (χ4v) is 5.32. The van der Waals surface area contributed by atoms with E-state index in [4.69, 9.17) is 28.6 Å². The van der Waals surface area contributed by atoms with Crippen molar-refractivity contribution in [3.05, 3.63) is 80.8 Å². The zero-order valence-electron chi connectivity index (χ0n) is 14.6. The Balaban J connectivity index is 1.49. The summed E-state index contributed by atoms with van der Waals surface area (Å²) in [5, 5.41) is 9.98. The van der Waals surface area contributed by atoms with E-state index in [9.17, 15) is 4.79 Å². The molecule has 0 bridgehead atoms. The molecule has 1 saturated heterocycles. The number of amides is 1. The molecule has 1 aliphatic rings. The van der Waals surface area contributed by atoms with Crippen LogP contribution in [-0.4, -0.2) is 21.3 Å². The van der Waals surface area contributed by atoms with E-state index < -0.39 is 0 Å². The van der Waals surface area contributed by atoms with E-state index >= 15 is 0 Å². The fraction of sp³-hybridized carbons (Fsp3) is 0.150. The summed E-state index contributed by atoms with van der Waals surface area (Å²) in [5.74, 6) is -0.123. The molecule has 8 heteroatoms. The minimum absolute atomic E-state index is 0.123. The number of hydrogen-bond donors (Lipinski definition) is 1. The van der Waals surface area contributed by atoms with E-state index in [1.165, 1.54) is 28.0 Å². The molecule has 142 valence electrons. The van der Waals surface area contributed by atoms with Crippen molar-refractivity contribution in [1.82, 2.24) is 4.98 Å². The number of thioether (sulfide) groups is 1. The highest BCUT2D eigenvalue weighted by atomic mass is 35.5. The van der Waals surface area contributed by atoms with E-state index in [-0.39, 0.29) is 16.3 Å². The van der Waals surface area contributed by atoms with Gasteiger partial charge in [0.05, 0.1) is 5.25 Å². The van der Waals surface area contributed by atoms with Crippen molar-refractivity contribution in [3.63, 3.8) is 0 Å². The second-order valence-corrected chi connectivity index (χ2v) is 9.42. The molecule has 28 heavy (non-hydrogen) atoms. The van der Waals surface area contributed by atoms with E-state index in [2.05, 4.69) is 4.98 Å². The van der Waals surface area contributed by atoms with E-state index in [1.54, 1.807) is 6.20 Å². The van der Waals surface area contributed by atoms with Crippen LogP contribution in [0.2, 0.25) is 10.0 Å². The number of nitrogens with one attached hydrogen (secondary N) is 1. The molecule has 4 nitrogen and oxygen atoms in total. The number of carbonyl (C=O) groups is 1. The summed E-state index contributed by atoms with van der Waals surface area (Å²) >= 11 is 14.8. The van der Waals surface area contributed by atoms with E-state index in [0.717, 1.165) is 16.0 Å². The standard InChI is InChI=1S/C20H15Cl2N3OS2/c21-14-7-5-12(6-8-14)9-15-11-24-20(27-15)25-18(26)17(28-19(25)23)10-13-3-1-2-4-16(13)22/h1-8,11,17,23H,9-10H2. The number of amidine groups is 1. The number of benzene rings is 2. The van der Waals surface area contributed by atoms with Crippen LogP contribution in [0.4, 0.5) is 5.13 Å². The van der Waals surface area contributed by atoms with Gasteiger partial charge in [0, 0.05) is 27.5 Å². The van der Waals surface area contributed by atoms with Crippen LogP contribution in [0.1, 0.15) is 16.0 Å². The molecule has 0 saturated carbocycles. The van der Waals surface area contributed by atoms with Gasteiger partial charge in [0.25, 0.3) is 0 Å². The minimum atomic E-state index is -0.365. The molecule has 1 atom stereocenters. The topological polar surface area (TPSA) is 57.1 Å². The van der Waals surface area contributed by atoms with Crippen molar-refractivity contribution in [2.75, 3.05) is 4.90 Å². The van der Waals surface area contributed by atoms with Gasteiger partial charge in [-0.15, -0.1) is 11.3 Å². The van der Waals surface area contributed by atoms with Gasteiger partial charge in [0.1, 0.15) is 0 Å². The van der Waals surface area contributed by atoms with Gasteiger partial charge >= 0.3 is 0 Å². The van der Waals surface area contributed by atoms with Crippen LogP contribution in [-0.2, 0) is 17.6 Å². The first kappa shape index (κ1) is 19.5. The van der Waals surface area contributed by atoms with Crippen LogP contribution in [0.15, 0.2) is 54.7 Å². The fourth-order valence-electron chi connectivity index (χ4n) is 2.94. The Bertz CT molecular complexity index is 1040. The van der Waals surface area contributed by atoms with Gasteiger partial charge in [-0.3, -0.25) is 10.2 Å². The molecule has 2 heterocycles. The smallest absolute Gasteiger partial charge is 0.248 e. The van der Waals surface area contributed by atoms with Gasteiger partial charge in [-0.2, -0.15) is 0 Å². The number of hydrogen-bond acceptors (Lipinski definition) is 5. The molecule has 1 amide bonds. The maximum Gasteiger partial charge on any atom is 0.248 e. The van der Waals surface area contributed by atoms with Crippen LogP contribution in [0, 0.1) is 5.41 Å². The monoisotopic (exact) mass is 447 g/mol. The largest absolute Gasteiger partial charge is 0.278 e. The number of rotatable bonds is 5. The summed E-state index contributed by atoms with van der Waals surface area (Å²) in [7, 11) is 0. The van der Waals surface area contributed by atoms with E-state index in [1.807, 2.05) is 48.5 Å². The molecule has 1 N–H and O–H groups in total. The number of aromatic nitrogens is 1. The Labute approximate surface area is 181 Å². The highest BCUT2D eigenvalue weighted by Gasteiger charge is 2.39. The molecule has 0 radical (unpaired) electrons. The maximum absolute atomic E-state index is 12.9. The lowest BCUT2D eigenvalue weighted by Crippen LogP contribution is -2.32. The van der Waals surface area contributed by atoms with Crippen molar-refractivity contribution in [3.8, 4) is 0 Å². The lowest BCUT2D eigenvalue weighted by atomic mass is 10.1. The SMILES string of the molecule is N=C1SC(Cc2ccccc2Cl)C(=O)N1c1ncc(Cc2ccc(Cl)cc2)s1. The average molecular weight is 448 g/mol. The molecule has 0 spiro atoms. The van der Waals surface area contributed by atoms with Gasteiger partial charge < -0.3 is 0 Å². The first-order valence-electron chi connectivity index (χ1n) is 8.53. The Hall–Kier alpha value is -1.86. The first-order chi connectivity index (χ1) is 13.5. The van der Waals surface area contributed by atoms with Gasteiger partial charge in [-0.05, 0) is 35.7 Å². The zero-order chi connectivity index (χ0) is 19.7. The first-order valence-corrected chi connectivity index (χ1v) is 11.0. The molecule has 4 rings (SSSR count). The Morgan fingerprint density at radius 3 is 2.61 bits per heavy atom. The third-order valence-corrected chi connectivity index (χ3v) is 7.00. The van der Waals surface area contributed by atoms with Crippen molar-refractivity contribution in [2.45, 2.75) is 18.1 Å². The summed E-state index contributed by atoms with van der Waals surface area (Å²) in [5.41, 5.74) is 2.03. The molecule has 3 aromatic rings. The molecule has 1 aromatic heterocycles. The van der Waals surface area contributed by atoms with Crippen LogP contribution in [0.3, 0.4) is 0 Å². The second kappa shape index (κ2) is 8.25. The summed E-state index contributed by atoms with van der Waals surface area (Å²) in [4.78, 5) is 19.7. The second-order valence-electron chi connectivity index (χ2n) is 6.29. The zero-order valence-corrected chi connectivity index (χ0v) is 17.7. The Morgan fingerprint density at radius 1 is 1.11 bits per heavy atom. The molecule has 2 aromatic carbocycles. The molecular formula is C20H15Cl2N3OS2. The Morgan fingerprint density at radius 2 is 1.86 bits per heavy atom. The third-order valence-electron chi connectivity index (χ3n) is 4.34. The number of nitrogens with zero attached hydrogens (tertiary/aromatic N) is 2. The summed E-state index contributed by atoms with van der Waals surface area (Å²) in [6, 6.07) is 15.1. The van der Waals surface area contributed by atoms with Gasteiger partial charge in [0.2, 0.25) is 5.91 Å². The number of carbonyl (C=O) groups excluding carboxylic acids is 1. The predicted octanol–water partition coefficient (Wildman–Crippen LogP) is 5.67. The summed E-state index contributed by atoms with van der Waals surface area (Å²) < 4.78 is 0. The number of thiazole rings is 1. The van der Waals surface area contributed by atoms with Crippen molar-refractivity contribution >= 4 is 62.5 Å². The van der Waals surface area contributed by atoms with Crippen LogP contribution < -0.4 is 4.90 Å². The molecule has 1 aliphatic heterocycles. The summed E-state index contributed by atoms with van der Waals surface area (Å²) in [6.07, 6.45) is 2.96. The van der Waals surface area contributed by atoms with Crippen LogP contribution in [0.5, 0.6) is 0 Å². The number of halogens is 2. The highest BCUT2D eigenvalue weighted by molar-refractivity contribution is 8.16. The molecular weight excluding hydrogens is 433 g/mol. The van der Waals surface area contributed by atoms with Crippen molar-refractivity contribution < 1.29 is 4.79 Å². The highest BCUT2D eigenvalue weighted by Crippen LogP contribution is 2.36.